The molecule has 0 aliphatic carbocycles. The summed E-state index contributed by atoms with van der Waals surface area (Å²) in [5.41, 5.74) is 8.35. The number of carbonyl (C=O) groups is 1. The van der Waals surface area contributed by atoms with Crippen LogP contribution in [0.15, 0.2) is 71.5 Å². The van der Waals surface area contributed by atoms with Gasteiger partial charge in [0.15, 0.2) is 5.82 Å². The predicted octanol–water partition coefficient (Wildman–Crippen LogP) is 4.08. The van der Waals surface area contributed by atoms with E-state index in [-0.39, 0.29) is 6.04 Å². The van der Waals surface area contributed by atoms with Crippen LogP contribution in [0.2, 0.25) is 0 Å². The lowest BCUT2D eigenvalue weighted by atomic mass is 10.0. The van der Waals surface area contributed by atoms with Crippen molar-refractivity contribution in [2.45, 2.75) is 25.1 Å². The van der Waals surface area contributed by atoms with Gasteiger partial charge in [0.1, 0.15) is 0 Å². The Morgan fingerprint density at radius 1 is 1.03 bits per heavy atom. The SMILES string of the molecule is NC(c1ccccc1)c1noc(CCc2cncc3ccccc23)n1.O=C(O)C(F)(F)F. The summed E-state index contributed by atoms with van der Waals surface area (Å²) in [5.74, 6) is -1.65. The van der Waals surface area contributed by atoms with Crippen LogP contribution in [-0.2, 0) is 17.6 Å². The van der Waals surface area contributed by atoms with E-state index < -0.39 is 12.1 Å². The zero-order chi connectivity index (χ0) is 23.1. The number of fused-ring (bicyclic) bond motifs is 1. The molecule has 0 spiro atoms. The van der Waals surface area contributed by atoms with E-state index in [0.29, 0.717) is 18.1 Å². The van der Waals surface area contributed by atoms with Gasteiger partial charge in [-0.15, -0.1) is 0 Å². The molecule has 0 saturated carbocycles. The molecule has 32 heavy (non-hydrogen) atoms. The van der Waals surface area contributed by atoms with Crippen molar-refractivity contribution in [2.75, 3.05) is 0 Å². The summed E-state index contributed by atoms with van der Waals surface area (Å²) in [6.07, 6.45) is 0.137. The van der Waals surface area contributed by atoms with Gasteiger partial charge in [-0.05, 0) is 22.9 Å². The fourth-order valence-corrected chi connectivity index (χ4v) is 2.93. The van der Waals surface area contributed by atoms with Gasteiger partial charge in [-0.3, -0.25) is 4.98 Å². The number of alkyl halides is 3. The molecule has 0 amide bonds. The highest BCUT2D eigenvalue weighted by Gasteiger charge is 2.38. The fraction of sp³-hybridized carbons (Fsp3) is 0.182. The first kappa shape index (κ1) is 22.9. The van der Waals surface area contributed by atoms with Crippen LogP contribution in [0.1, 0.15) is 28.9 Å². The van der Waals surface area contributed by atoms with Crippen molar-refractivity contribution >= 4 is 16.7 Å². The molecule has 4 rings (SSSR count). The van der Waals surface area contributed by atoms with Crippen molar-refractivity contribution in [3.8, 4) is 0 Å². The summed E-state index contributed by atoms with van der Waals surface area (Å²) >= 11 is 0. The molecule has 10 heteroatoms. The first-order valence-corrected chi connectivity index (χ1v) is 9.50. The number of carboxylic acids is 1. The van der Waals surface area contributed by atoms with Crippen molar-refractivity contribution in [3.63, 3.8) is 0 Å². The molecule has 0 radical (unpaired) electrons. The van der Waals surface area contributed by atoms with Gasteiger partial charge in [-0.25, -0.2) is 4.79 Å². The minimum absolute atomic E-state index is 0.377. The third kappa shape index (κ3) is 5.88. The van der Waals surface area contributed by atoms with E-state index >= 15 is 0 Å². The van der Waals surface area contributed by atoms with Gasteiger partial charge in [0.2, 0.25) is 5.89 Å². The Labute approximate surface area is 180 Å². The van der Waals surface area contributed by atoms with Gasteiger partial charge >= 0.3 is 12.1 Å². The number of aliphatic carboxylic acids is 1. The maximum Gasteiger partial charge on any atom is 0.490 e. The molecule has 166 valence electrons. The number of nitrogens with two attached hydrogens (primary N) is 1. The lowest BCUT2D eigenvalue weighted by Crippen LogP contribution is -2.21. The molecule has 1 unspecified atom stereocenters. The molecule has 0 fully saturated rings. The zero-order valence-corrected chi connectivity index (χ0v) is 16.7. The first-order chi connectivity index (χ1) is 15.3. The molecule has 4 aromatic rings. The second-order valence-corrected chi connectivity index (χ2v) is 6.76. The Balaban J connectivity index is 0.000000360. The highest BCUT2D eigenvalue weighted by Crippen LogP contribution is 2.20. The van der Waals surface area contributed by atoms with Crippen molar-refractivity contribution in [2.24, 2.45) is 5.73 Å². The summed E-state index contributed by atoms with van der Waals surface area (Å²) in [4.78, 5) is 17.7. The number of aryl methyl sites for hydroxylation is 2. The molecule has 0 aliphatic heterocycles. The normalized spacial score (nSPS) is 12.1. The van der Waals surface area contributed by atoms with Gasteiger partial charge in [0.25, 0.3) is 0 Å². The van der Waals surface area contributed by atoms with Crippen LogP contribution in [0.3, 0.4) is 0 Å². The lowest BCUT2D eigenvalue weighted by Gasteiger charge is -2.06. The van der Waals surface area contributed by atoms with E-state index in [1.807, 2.05) is 54.9 Å². The van der Waals surface area contributed by atoms with Crippen LogP contribution in [-0.4, -0.2) is 32.4 Å². The largest absolute Gasteiger partial charge is 0.490 e. The third-order valence-electron chi connectivity index (χ3n) is 4.52. The van der Waals surface area contributed by atoms with E-state index in [1.54, 1.807) is 0 Å². The molecule has 2 aromatic carbocycles. The maximum absolute atomic E-state index is 10.6. The third-order valence-corrected chi connectivity index (χ3v) is 4.52. The van der Waals surface area contributed by atoms with Crippen LogP contribution in [0.5, 0.6) is 0 Å². The summed E-state index contributed by atoms with van der Waals surface area (Å²) in [5, 5.41) is 13.5. The molecule has 7 nitrogen and oxygen atoms in total. The van der Waals surface area contributed by atoms with Crippen LogP contribution in [0.4, 0.5) is 13.2 Å². The summed E-state index contributed by atoms with van der Waals surface area (Å²) in [6.45, 7) is 0. The van der Waals surface area contributed by atoms with E-state index in [2.05, 4.69) is 27.3 Å². The van der Waals surface area contributed by atoms with Gasteiger partial charge in [0, 0.05) is 24.2 Å². The molecule has 2 aromatic heterocycles. The Kier molecular flexibility index (Phi) is 7.16. The van der Waals surface area contributed by atoms with Crippen molar-refractivity contribution in [1.29, 1.82) is 0 Å². The van der Waals surface area contributed by atoms with Crippen LogP contribution in [0, 0.1) is 0 Å². The minimum atomic E-state index is -5.08. The first-order valence-electron chi connectivity index (χ1n) is 9.50. The molecule has 0 aliphatic rings. The second kappa shape index (κ2) is 10.0. The van der Waals surface area contributed by atoms with E-state index in [1.165, 1.54) is 10.9 Å². The van der Waals surface area contributed by atoms with Crippen LogP contribution < -0.4 is 5.73 Å². The predicted molar refractivity (Wildman–Crippen MR) is 110 cm³/mol. The molecule has 2 heterocycles. The average Bonchev–Trinajstić information content (AvgIpc) is 3.26. The van der Waals surface area contributed by atoms with Crippen molar-refractivity contribution < 1.29 is 27.6 Å². The minimum Gasteiger partial charge on any atom is -0.475 e. The number of pyridine rings is 1. The Bertz CT molecular complexity index is 1170. The number of benzene rings is 2. The standard InChI is InChI=1S/C20H18N4O.C2HF3O2/c21-19(14-6-2-1-3-7-14)20-23-18(25-24-20)11-10-16-13-22-12-15-8-4-5-9-17(15)16;3-2(4,5)1(6)7/h1-9,12-13,19H,10-11,21H2;(H,6,7). The zero-order valence-electron chi connectivity index (χ0n) is 16.7. The van der Waals surface area contributed by atoms with Gasteiger partial charge in [-0.2, -0.15) is 18.2 Å². The monoisotopic (exact) mass is 444 g/mol. The fourth-order valence-electron chi connectivity index (χ4n) is 2.93. The van der Waals surface area contributed by atoms with Gasteiger partial charge < -0.3 is 15.4 Å². The topological polar surface area (TPSA) is 115 Å². The summed E-state index contributed by atoms with van der Waals surface area (Å²) < 4.78 is 37.1. The molecule has 1 atom stereocenters. The number of nitrogens with zero attached hydrogens (tertiary/aromatic N) is 3. The molecular weight excluding hydrogens is 425 g/mol. The molecule has 0 saturated heterocycles. The quantitative estimate of drug-likeness (QED) is 0.476. The Hall–Kier alpha value is -3.79. The molecule has 0 bridgehead atoms. The van der Waals surface area contributed by atoms with E-state index in [0.717, 1.165) is 17.4 Å². The Morgan fingerprint density at radius 2 is 1.69 bits per heavy atom. The molecular formula is C22H19F3N4O3. The number of rotatable bonds is 5. The highest BCUT2D eigenvalue weighted by molar-refractivity contribution is 5.84. The lowest BCUT2D eigenvalue weighted by molar-refractivity contribution is -0.192. The van der Waals surface area contributed by atoms with Gasteiger partial charge in [-0.1, -0.05) is 59.8 Å². The number of hydrogen-bond donors (Lipinski definition) is 2. The summed E-state index contributed by atoms with van der Waals surface area (Å²) in [6, 6.07) is 17.6. The smallest absolute Gasteiger partial charge is 0.475 e. The summed E-state index contributed by atoms with van der Waals surface area (Å²) in [7, 11) is 0. The van der Waals surface area contributed by atoms with E-state index in [9.17, 15) is 13.2 Å². The number of carboxylic acid groups (broad SMARTS) is 1. The van der Waals surface area contributed by atoms with Crippen LogP contribution >= 0.6 is 0 Å². The van der Waals surface area contributed by atoms with Gasteiger partial charge in [0.05, 0.1) is 6.04 Å². The molecule has 3 N–H and O–H groups in total. The number of aromatic nitrogens is 3. The van der Waals surface area contributed by atoms with E-state index in [4.69, 9.17) is 20.2 Å². The second-order valence-electron chi connectivity index (χ2n) is 6.76. The maximum atomic E-state index is 10.6. The average molecular weight is 444 g/mol. The number of halogens is 3. The highest BCUT2D eigenvalue weighted by atomic mass is 19.4. The number of hydrogen-bond acceptors (Lipinski definition) is 6. The van der Waals surface area contributed by atoms with Crippen LogP contribution in [0.25, 0.3) is 10.8 Å². The van der Waals surface area contributed by atoms with Crippen molar-refractivity contribution in [1.82, 2.24) is 15.1 Å². The van der Waals surface area contributed by atoms with Crippen molar-refractivity contribution in [3.05, 3.63) is 89.8 Å². The Morgan fingerprint density at radius 3 is 2.38 bits per heavy atom.